The Morgan fingerprint density at radius 1 is 0.738 bits per heavy atom. The normalized spacial score (nSPS) is 18.4. The van der Waals surface area contributed by atoms with Crippen molar-refractivity contribution in [3.63, 3.8) is 0 Å². The summed E-state index contributed by atoms with van der Waals surface area (Å²) in [5.41, 5.74) is 3.54. The van der Waals surface area contributed by atoms with Gasteiger partial charge in [-0.3, -0.25) is 19.2 Å². The average Bonchev–Trinajstić information content (AvgIpc) is 3.33. The van der Waals surface area contributed by atoms with E-state index in [1.165, 1.54) is 30.3 Å². The van der Waals surface area contributed by atoms with Crippen LogP contribution in [0.3, 0.4) is 0 Å². The largest absolute Gasteiger partial charge is 0.493 e. The Hall–Kier alpha value is -5.97. The number of aliphatic hydroxyl groups excluding tert-OH is 2. The highest BCUT2D eigenvalue weighted by molar-refractivity contribution is 9.10. The Balaban J connectivity index is 0.000000179. The van der Waals surface area contributed by atoms with Gasteiger partial charge in [-0.05, 0) is 152 Å². The first-order chi connectivity index (χ1) is 31.4. The first-order valence-electron chi connectivity index (χ1n) is 21.7. The summed E-state index contributed by atoms with van der Waals surface area (Å²) in [6.07, 6.45) is 10.8. The van der Waals surface area contributed by atoms with Gasteiger partial charge in [-0.25, -0.2) is 13.8 Å². The van der Waals surface area contributed by atoms with Crippen LogP contribution in [-0.4, -0.2) is 101 Å². The Morgan fingerprint density at radius 3 is 1.77 bits per heavy atom. The molecule has 2 atom stereocenters. The molecule has 344 valence electrons. The van der Waals surface area contributed by atoms with Crippen molar-refractivity contribution in [2.24, 2.45) is 23.7 Å². The van der Waals surface area contributed by atoms with Crippen LogP contribution in [0.2, 0.25) is 0 Å². The average molecular weight is 959 g/mol. The molecule has 4 amide bonds. The Morgan fingerprint density at radius 2 is 1.25 bits per heavy atom. The van der Waals surface area contributed by atoms with Crippen LogP contribution < -0.4 is 20.1 Å². The lowest BCUT2D eigenvalue weighted by atomic mass is 9.94. The molecule has 2 fully saturated rings. The third kappa shape index (κ3) is 14.3. The number of amides is 4. The van der Waals surface area contributed by atoms with Crippen molar-refractivity contribution in [3.05, 3.63) is 131 Å². The molecule has 5 heterocycles. The van der Waals surface area contributed by atoms with Crippen LogP contribution in [0.5, 0.6) is 11.5 Å². The van der Waals surface area contributed by atoms with Crippen molar-refractivity contribution in [2.75, 3.05) is 63.2 Å². The van der Waals surface area contributed by atoms with Crippen LogP contribution in [0.15, 0.2) is 102 Å². The molecular weight excluding hydrogens is 904 g/mol. The quantitative estimate of drug-likeness (QED) is 0.118. The Kier molecular flexibility index (Phi) is 17.8. The van der Waals surface area contributed by atoms with E-state index in [0.29, 0.717) is 68.3 Å². The highest BCUT2D eigenvalue weighted by Crippen LogP contribution is 2.29. The van der Waals surface area contributed by atoms with E-state index < -0.39 is 5.92 Å². The van der Waals surface area contributed by atoms with Gasteiger partial charge in [-0.15, -0.1) is 0 Å². The van der Waals surface area contributed by atoms with Crippen LogP contribution in [0.25, 0.3) is 6.08 Å². The molecule has 0 saturated carbocycles. The van der Waals surface area contributed by atoms with E-state index in [4.69, 9.17) is 14.6 Å². The molecule has 4 aliphatic rings. The molecule has 8 rings (SSSR count). The number of hydrogen-bond donors (Lipinski definition) is 4. The van der Waals surface area contributed by atoms with Crippen LogP contribution in [-0.2, 0) is 32.0 Å². The number of hydrogen-bond acceptors (Lipinski definition) is 9. The maximum atomic E-state index is 13.0. The lowest BCUT2D eigenvalue weighted by Gasteiger charge is -2.31. The molecule has 65 heavy (non-hydrogen) atoms. The monoisotopic (exact) mass is 957 g/mol. The second-order valence-corrected chi connectivity index (χ2v) is 17.2. The number of aromatic nitrogens is 1. The lowest BCUT2D eigenvalue weighted by molar-refractivity contribution is -0.128. The number of likely N-dealkylation sites (tertiary alicyclic amines) is 2. The zero-order chi connectivity index (χ0) is 46.3. The van der Waals surface area contributed by atoms with Gasteiger partial charge in [0.15, 0.2) is 0 Å². The highest BCUT2D eigenvalue weighted by Gasteiger charge is 2.28. The second kappa shape index (κ2) is 23.8. The first kappa shape index (κ1) is 48.5. The van der Waals surface area contributed by atoms with Crippen LogP contribution >= 0.6 is 15.9 Å². The number of piperidine rings is 2. The molecule has 13 nitrogen and oxygen atoms in total. The standard InChI is InChI=1S/C24H26FN3O4.C15H18FNO2.C10H10BrNO2/c25-20-2-4-21(5-3-20)32-15-16-7-9-28(10-8-16)22(30)6-1-17-11-18-12-19(14-29)24(31)27-23(18)26-13-17;1-2-15(18)17-9-7-12(8-10-17)11-19-14-5-3-13(16)4-6-14;11-8-1-2-9-6(4-8)3-7(5-13)10(14)12-9/h1-6,11,13,16,19,29H,7-10,12,14-15H2,(H,26,27,31);2-6,12H,1,7-11H2;1-2,4,7,13H,3,5H2,(H,12,14)/b6-1+;;. The van der Waals surface area contributed by atoms with Crippen LogP contribution in [0, 0.1) is 35.3 Å². The minimum atomic E-state index is -0.474. The lowest BCUT2D eigenvalue weighted by Crippen LogP contribution is -2.38. The molecule has 2 unspecified atom stereocenters. The summed E-state index contributed by atoms with van der Waals surface area (Å²) in [7, 11) is 0. The molecule has 3 aromatic carbocycles. The molecule has 0 radical (unpaired) electrons. The maximum absolute atomic E-state index is 13.0. The first-order valence-corrected chi connectivity index (χ1v) is 22.5. The molecule has 0 spiro atoms. The topological polar surface area (TPSA) is 171 Å². The molecule has 4 aromatic rings. The Labute approximate surface area is 385 Å². The van der Waals surface area contributed by atoms with Crippen molar-refractivity contribution in [3.8, 4) is 11.5 Å². The molecule has 2 saturated heterocycles. The molecule has 1 aromatic heterocycles. The van der Waals surface area contributed by atoms with Gasteiger partial charge in [-0.2, -0.15) is 0 Å². The number of ether oxygens (including phenoxy) is 2. The molecule has 16 heteroatoms. The number of fused-ring (bicyclic) bond motifs is 2. The SMILES string of the molecule is C=CC(=O)N1CCC(COc2ccc(F)cc2)CC1.O=C1Nc2ccc(Br)cc2CC1CO.O=C1Nc2ncc(/C=C/C(=O)N3CCC(COc4ccc(F)cc4)CC3)cc2CC1CO. The molecule has 4 N–H and O–H groups in total. The van der Waals surface area contributed by atoms with Gasteiger partial charge in [-0.1, -0.05) is 22.5 Å². The zero-order valence-corrected chi connectivity index (χ0v) is 37.6. The van der Waals surface area contributed by atoms with Crippen LogP contribution in [0.4, 0.5) is 20.3 Å². The fourth-order valence-electron chi connectivity index (χ4n) is 7.74. The van der Waals surface area contributed by atoms with Crippen molar-refractivity contribution in [1.82, 2.24) is 14.8 Å². The second-order valence-electron chi connectivity index (χ2n) is 16.3. The number of rotatable bonds is 11. The number of pyridine rings is 1. The van der Waals surface area contributed by atoms with Gasteiger partial charge in [0.1, 0.15) is 29.0 Å². The number of carbonyl (C=O) groups is 4. The fraction of sp³-hybridized carbons (Fsp3) is 0.367. The predicted molar refractivity (Wildman–Crippen MR) is 246 cm³/mol. The minimum Gasteiger partial charge on any atom is -0.493 e. The minimum absolute atomic E-state index is 0.00194. The number of anilines is 2. The van der Waals surface area contributed by atoms with Gasteiger partial charge < -0.3 is 40.1 Å². The van der Waals surface area contributed by atoms with Crippen molar-refractivity contribution in [2.45, 2.75) is 38.5 Å². The number of aliphatic hydroxyl groups is 2. The highest BCUT2D eigenvalue weighted by atomic mass is 79.9. The maximum Gasteiger partial charge on any atom is 0.246 e. The number of nitrogens with zero attached hydrogens (tertiary/aromatic N) is 3. The molecule has 0 bridgehead atoms. The summed E-state index contributed by atoms with van der Waals surface area (Å²) in [6.45, 7) is 7.17. The summed E-state index contributed by atoms with van der Waals surface area (Å²) >= 11 is 3.37. The number of carbonyl (C=O) groups excluding carboxylic acids is 4. The molecule has 0 aliphatic carbocycles. The molecule has 4 aliphatic heterocycles. The summed E-state index contributed by atoms with van der Waals surface area (Å²) in [5.74, 6) is 0.935. The summed E-state index contributed by atoms with van der Waals surface area (Å²) in [4.78, 5) is 55.1. The van der Waals surface area contributed by atoms with E-state index in [0.717, 1.165) is 65.6 Å². The van der Waals surface area contributed by atoms with E-state index in [2.05, 4.69) is 38.1 Å². The summed E-state index contributed by atoms with van der Waals surface area (Å²) in [5, 5.41) is 23.8. The van der Waals surface area contributed by atoms with E-state index in [-0.39, 0.29) is 54.4 Å². The third-order valence-corrected chi connectivity index (χ3v) is 12.2. The van der Waals surface area contributed by atoms with Gasteiger partial charge >= 0.3 is 0 Å². The van der Waals surface area contributed by atoms with Crippen molar-refractivity contribution in [1.29, 1.82) is 0 Å². The fourth-order valence-corrected chi connectivity index (χ4v) is 8.15. The van der Waals surface area contributed by atoms with E-state index in [1.807, 2.05) is 29.2 Å². The van der Waals surface area contributed by atoms with Gasteiger partial charge in [0.25, 0.3) is 0 Å². The summed E-state index contributed by atoms with van der Waals surface area (Å²) in [6, 6.07) is 19.6. The van der Waals surface area contributed by atoms with E-state index in [1.54, 1.807) is 47.5 Å². The molecular formula is C49H54BrF2N5O8. The van der Waals surface area contributed by atoms with Gasteiger partial charge in [0.05, 0.1) is 38.3 Å². The van der Waals surface area contributed by atoms with Crippen LogP contribution in [0.1, 0.15) is 42.4 Å². The van der Waals surface area contributed by atoms with Crippen molar-refractivity contribution >= 4 is 57.1 Å². The summed E-state index contributed by atoms with van der Waals surface area (Å²) < 4.78 is 38.1. The Bertz CT molecular complexity index is 2300. The number of nitrogens with one attached hydrogen (secondary N) is 2. The van der Waals surface area contributed by atoms with E-state index in [9.17, 15) is 33.1 Å². The predicted octanol–water partition coefficient (Wildman–Crippen LogP) is 6.84. The number of halogens is 3. The van der Waals surface area contributed by atoms with E-state index >= 15 is 0 Å². The number of benzene rings is 3. The van der Waals surface area contributed by atoms with Crippen molar-refractivity contribution < 1.29 is 47.6 Å². The zero-order valence-electron chi connectivity index (χ0n) is 36.0. The van der Waals surface area contributed by atoms with Gasteiger partial charge in [0, 0.05) is 48.6 Å². The third-order valence-electron chi connectivity index (χ3n) is 11.7. The van der Waals surface area contributed by atoms with Gasteiger partial charge in [0.2, 0.25) is 23.6 Å². The smallest absolute Gasteiger partial charge is 0.246 e.